The van der Waals surface area contributed by atoms with Gasteiger partial charge in [-0.05, 0) is 46.5 Å². The lowest BCUT2D eigenvalue weighted by molar-refractivity contribution is 0.00883. The molecule has 35 heavy (non-hydrogen) atoms. The van der Waals surface area contributed by atoms with E-state index < -0.39 is 40.5 Å². The van der Waals surface area contributed by atoms with Gasteiger partial charge < -0.3 is 14.2 Å². The van der Waals surface area contributed by atoms with Crippen LogP contribution in [0.15, 0.2) is 71.6 Å². The zero-order valence-corrected chi connectivity index (χ0v) is 20.3. The van der Waals surface area contributed by atoms with Crippen LogP contribution in [0, 0.1) is 0 Å². The molecule has 3 aromatic carbocycles. The Hall–Kier alpha value is -2.98. The zero-order chi connectivity index (χ0) is 24.6. The quantitative estimate of drug-likeness (QED) is 0.534. The molecule has 9 heteroatoms. The second kappa shape index (κ2) is 9.58. The number of hydrogen-bond acceptors (Lipinski definition) is 6. The number of hydrogen-bond donors (Lipinski definition) is 2. The van der Waals surface area contributed by atoms with Crippen LogP contribution < -0.4 is 10.0 Å². The highest BCUT2D eigenvalue weighted by molar-refractivity contribution is 7.89. The molecule has 5 rings (SSSR count). The monoisotopic (exact) mass is 496 g/mol. The van der Waals surface area contributed by atoms with Crippen molar-refractivity contribution in [3.63, 3.8) is 0 Å². The molecule has 3 aromatic rings. The normalized spacial score (nSPS) is 24.0. The summed E-state index contributed by atoms with van der Waals surface area (Å²) in [6.45, 7) is 4.46. The summed E-state index contributed by atoms with van der Waals surface area (Å²) >= 11 is 0. The fraction of sp³-hybridized carbons (Fsp3) is 0.346. The van der Waals surface area contributed by atoms with Gasteiger partial charge >= 0.3 is 6.09 Å². The molecule has 0 bridgehead atoms. The van der Waals surface area contributed by atoms with Gasteiger partial charge in [0.1, 0.15) is 12.2 Å². The van der Waals surface area contributed by atoms with Gasteiger partial charge in [0.25, 0.3) is 0 Å². The third-order valence-corrected chi connectivity index (χ3v) is 7.92. The summed E-state index contributed by atoms with van der Waals surface area (Å²) in [5.41, 5.74) is 1.80. The average Bonchev–Trinajstić information content (AvgIpc) is 3.42. The van der Waals surface area contributed by atoms with Crippen LogP contribution in [0.1, 0.15) is 25.3 Å². The molecule has 0 radical (unpaired) electrons. The summed E-state index contributed by atoms with van der Waals surface area (Å²) in [6, 6.07) is 19.6. The van der Waals surface area contributed by atoms with Gasteiger partial charge in [-0.2, -0.15) is 0 Å². The molecule has 4 atom stereocenters. The molecule has 2 saturated heterocycles. The highest BCUT2D eigenvalue weighted by Gasteiger charge is 2.50. The maximum Gasteiger partial charge on any atom is 0.412 e. The van der Waals surface area contributed by atoms with Gasteiger partial charge in [-0.1, -0.05) is 56.3 Å². The van der Waals surface area contributed by atoms with Crippen LogP contribution in [0.3, 0.4) is 0 Å². The smallest absolute Gasteiger partial charge is 0.412 e. The lowest BCUT2D eigenvalue weighted by atomic mass is 10.0. The van der Waals surface area contributed by atoms with Crippen molar-refractivity contribution in [2.75, 3.05) is 18.5 Å². The van der Waals surface area contributed by atoms with Crippen molar-refractivity contribution in [1.82, 2.24) is 4.72 Å². The van der Waals surface area contributed by atoms with Crippen molar-refractivity contribution in [3.8, 4) is 0 Å². The van der Waals surface area contributed by atoms with Crippen LogP contribution in [-0.2, 0) is 24.2 Å². The maximum absolute atomic E-state index is 13.0. The van der Waals surface area contributed by atoms with Crippen molar-refractivity contribution >= 4 is 32.6 Å². The van der Waals surface area contributed by atoms with E-state index in [1.54, 1.807) is 18.2 Å². The predicted octanol–water partition coefficient (Wildman–Crippen LogP) is 4.03. The minimum atomic E-state index is -3.79. The van der Waals surface area contributed by atoms with Gasteiger partial charge in [0.05, 0.1) is 24.2 Å². The van der Waals surface area contributed by atoms with E-state index in [2.05, 4.69) is 23.9 Å². The number of anilines is 1. The number of carbonyl (C=O) groups excluding carboxylic acids is 1. The van der Waals surface area contributed by atoms with Gasteiger partial charge in [0, 0.05) is 5.69 Å². The van der Waals surface area contributed by atoms with Crippen LogP contribution in [0.5, 0.6) is 0 Å². The molecule has 0 spiro atoms. The first kappa shape index (κ1) is 23.7. The van der Waals surface area contributed by atoms with E-state index in [-0.39, 0.29) is 18.1 Å². The first-order valence-electron chi connectivity index (χ1n) is 11.6. The molecular weight excluding hydrogens is 468 g/mol. The number of nitrogens with one attached hydrogen (secondary N) is 2. The molecular formula is C26H28N2O6S. The Bertz CT molecular complexity index is 1330. The number of sulfonamides is 1. The van der Waals surface area contributed by atoms with Gasteiger partial charge in [0.2, 0.25) is 10.0 Å². The highest BCUT2D eigenvalue weighted by Crippen LogP contribution is 2.30. The fourth-order valence-electron chi connectivity index (χ4n) is 4.50. The van der Waals surface area contributed by atoms with Crippen LogP contribution in [0.2, 0.25) is 0 Å². The van der Waals surface area contributed by atoms with Crippen molar-refractivity contribution in [1.29, 1.82) is 0 Å². The zero-order valence-electron chi connectivity index (χ0n) is 19.5. The molecule has 2 N–H and O–H groups in total. The summed E-state index contributed by atoms with van der Waals surface area (Å²) in [4.78, 5) is 12.6. The van der Waals surface area contributed by atoms with E-state index in [0.717, 1.165) is 10.8 Å². The molecule has 0 aromatic heterocycles. The van der Waals surface area contributed by atoms with E-state index in [0.29, 0.717) is 11.6 Å². The summed E-state index contributed by atoms with van der Waals surface area (Å²) in [5.74, 6) is 0.398. The lowest BCUT2D eigenvalue weighted by Crippen LogP contribution is -2.44. The first-order chi connectivity index (χ1) is 16.8. The topological polar surface area (TPSA) is 103 Å². The molecule has 2 aliphatic heterocycles. The van der Waals surface area contributed by atoms with Gasteiger partial charge in [0.15, 0.2) is 6.10 Å². The summed E-state index contributed by atoms with van der Waals surface area (Å²) in [5, 5.41) is 4.52. The Balaban J connectivity index is 1.20. The van der Waals surface area contributed by atoms with Crippen LogP contribution >= 0.6 is 0 Å². The van der Waals surface area contributed by atoms with Crippen molar-refractivity contribution in [2.24, 2.45) is 0 Å². The van der Waals surface area contributed by atoms with Gasteiger partial charge in [-0.25, -0.2) is 17.9 Å². The number of carbonyl (C=O) groups is 1. The summed E-state index contributed by atoms with van der Waals surface area (Å²) < 4.78 is 45.9. The Labute approximate surface area is 204 Å². The van der Waals surface area contributed by atoms with E-state index >= 15 is 0 Å². The van der Waals surface area contributed by atoms with E-state index in [4.69, 9.17) is 14.2 Å². The summed E-state index contributed by atoms with van der Waals surface area (Å²) in [6.07, 6.45) is -2.34. The predicted molar refractivity (Wildman–Crippen MR) is 132 cm³/mol. The number of benzene rings is 3. The standard InChI is InChI=1S/C26H28N2O6S/c1-16(2)17-7-10-20(11-8-17)27-26(29)34-23-15-33-24-22(14-32-25(23)24)28-35(30,31)21-12-9-18-5-3-4-6-19(18)13-21/h3-13,16,22-25,28H,14-15H2,1-2H3,(H,27,29)/t22-,23-,24-,25+/m0/s1. The number of ether oxygens (including phenoxy) is 3. The fourth-order valence-corrected chi connectivity index (χ4v) is 5.77. The molecule has 2 aliphatic rings. The number of rotatable bonds is 6. The highest BCUT2D eigenvalue weighted by atomic mass is 32.2. The molecule has 0 saturated carbocycles. The summed E-state index contributed by atoms with van der Waals surface area (Å²) in [7, 11) is -3.79. The number of fused-ring (bicyclic) bond motifs is 2. The van der Waals surface area contributed by atoms with Crippen LogP contribution in [-0.4, -0.2) is 52.1 Å². The third kappa shape index (κ3) is 5.04. The largest absolute Gasteiger partial charge is 0.441 e. The second-order valence-corrected chi connectivity index (χ2v) is 10.9. The van der Waals surface area contributed by atoms with Crippen molar-refractivity contribution < 1.29 is 27.4 Å². The van der Waals surface area contributed by atoms with Crippen LogP contribution in [0.25, 0.3) is 10.8 Å². The molecule has 2 fully saturated rings. The molecule has 8 nitrogen and oxygen atoms in total. The third-order valence-electron chi connectivity index (χ3n) is 6.43. The molecule has 1 amide bonds. The van der Waals surface area contributed by atoms with Crippen molar-refractivity contribution in [3.05, 3.63) is 72.3 Å². The van der Waals surface area contributed by atoms with E-state index in [9.17, 15) is 13.2 Å². The molecule has 0 aliphatic carbocycles. The molecule has 184 valence electrons. The van der Waals surface area contributed by atoms with Crippen molar-refractivity contribution in [2.45, 2.75) is 49.0 Å². The second-order valence-electron chi connectivity index (χ2n) is 9.18. The lowest BCUT2D eigenvalue weighted by Gasteiger charge is -2.18. The Morgan fingerprint density at radius 1 is 0.943 bits per heavy atom. The van der Waals surface area contributed by atoms with Crippen LogP contribution in [0.4, 0.5) is 10.5 Å². The Kier molecular flexibility index (Phi) is 6.50. The number of amides is 1. The molecule has 0 unspecified atom stereocenters. The maximum atomic E-state index is 13.0. The van der Waals surface area contributed by atoms with E-state index in [1.165, 1.54) is 5.56 Å². The SMILES string of the molecule is CC(C)c1ccc(NC(=O)O[C@H]2CO[C@@H]3[C@@H]2OC[C@@H]3NS(=O)(=O)c2ccc3ccccc3c2)cc1. The minimum absolute atomic E-state index is 0.125. The van der Waals surface area contributed by atoms with Gasteiger partial charge in [-0.15, -0.1) is 0 Å². The van der Waals surface area contributed by atoms with E-state index in [1.807, 2.05) is 48.5 Å². The minimum Gasteiger partial charge on any atom is -0.441 e. The molecule has 2 heterocycles. The Morgan fingerprint density at radius 2 is 1.66 bits per heavy atom. The van der Waals surface area contributed by atoms with Gasteiger partial charge in [-0.3, -0.25) is 5.32 Å². The first-order valence-corrected chi connectivity index (χ1v) is 13.1. The Morgan fingerprint density at radius 3 is 2.40 bits per heavy atom. The average molecular weight is 497 g/mol.